The van der Waals surface area contributed by atoms with Gasteiger partial charge in [-0.1, -0.05) is 36.4 Å². The van der Waals surface area contributed by atoms with Crippen molar-refractivity contribution in [3.8, 4) is 0 Å². The Morgan fingerprint density at radius 2 is 1.79 bits per heavy atom. The van der Waals surface area contributed by atoms with E-state index in [-0.39, 0.29) is 11.9 Å². The van der Waals surface area contributed by atoms with E-state index < -0.39 is 10.0 Å². The summed E-state index contributed by atoms with van der Waals surface area (Å²) >= 11 is 0. The van der Waals surface area contributed by atoms with Gasteiger partial charge in [-0.3, -0.25) is 4.79 Å². The summed E-state index contributed by atoms with van der Waals surface area (Å²) in [6.45, 7) is 2.81. The van der Waals surface area contributed by atoms with Gasteiger partial charge in [0.15, 0.2) is 0 Å². The zero-order chi connectivity index (χ0) is 17.2. The molecule has 1 fully saturated rings. The lowest BCUT2D eigenvalue weighted by atomic mass is 9.98. The predicted octanol–water partition coefficient (Wildman–Crippen LogP) is 2.80. The fraction of sp³-hybridized carbons (Fsp3) is 0.389. The lowest BCUT2D eigenvalue weighted by Crippen LogP contribution is -2.40. The standard InChI is InChI=1S/C18H21NO4S/c1-2-23-18(20)15-10-12-19(13-11-15)24(21,22)17-9-5-7-14-6-3-4-8-16(14)17/h3-9,15H,2,10-13H2,1H3. The molecule has 1 saturated heterocycles. The molecule has 0 bridgehead atoms. The summed E-state index contributed by atoms with van der Waals surface area (Å²) in [4.78, 5) is 12.1. The van der Waals surface area contributed by atoms with Crippen LogP contribution in [0.1, 0.15) is 19.8 Å². The number of carbonyl (C=O) groups excluding carboxylic acids is 1. The number of sulfonamides is 1. The van der Waals surface area contributed by atoms with Crippen LogP contribution in [0.25, 0.3) is 10.8 Å². The second-order valence-corrected chi connectivity index (χ2v) is 7.81. The molecule has 0 unspecified atom stereocenters. The third kappa shape index (κ3) is 3.16. The number of carbonyl (C=O) groups is 1. The summed E-state index contributed by atoms with van der Waals surface area (Å²) in [6.07, 6.45) is 1.01. The molecule has 0 amide bonds. The molecule has 24 heavy (non-hydrogen) atoms. The molecule has 0 aliphatic carbocycles. The van der Waals surface area contributed by atoms with Crippen LogP contribution in [0, 0.1) is 5.92 Å². The molecule has 0 saturated carbocycles. The van der Waals surface area contributed by atoms with Crippen LogP contribution in [-0.2, 0) is 19.6 Å². The Kier molecular flexibility index (Phi) is 4.87. The molecular formula is C18H21NO4S. The first-order chi connectivity index (χ1) is 11.5. The normalized spacial score (nSPS) is 17.0. The van der Waals surface area contributed by atoms with Crippen molar-refractivity contribution in [2.45, 2.75) is 24.7 Å². The van der Waals surface area contributed by atoms with Gasteiger partial charge in [-0.05, 0) is 31.2 Å². The number of hydrogen-bond donors (Lipinski definition) is 0. The lowest BCUT2D eigenvalue weighted by molar-refractivity contribution is -0.149. The molecule has 2 aromatic rings. The molecule has 128 valence electrons. The monoisotopic (exact) mass is 347 g/mol. The van der Waals surface area contributed by atoms with Gasteiger partial charge in [0, 0.05) is 18.5 Å². The third-order valence-corrected chi connectivity index (χ3v) is 6.40. The minimum absolute atomic E-state index is 0.205. The SMILES string of the molecule is CCOC(=O)C1CCN(S(=O)(=O)c2cccc3ccccc23)CC1. The second-order valence-electron chi connectivity index (χ2n) is 5.91. The van der Waals surface area contributed by atoms with Gasteiger partial charge in [0.05, 0.1) is 17.4 Å². The molecule has 1 heterocycles. The highest BCUT2D eigenvalue weighted by Gasteiger charge is 2.33. The Bertz CT molecular complexity index is 834. The average molecular weight is 347 g/mol. The first kappa shape index (κ1) is 16.9. The molecular weight excluding hydrogens is 326 g/mol. The van der Waals surface area contributed by atoms with Crippen LogP contribution < -0.4 is 0 Å². The van der Waals surface area contributed by atoms with Crippen molar-refractivity contribution in [2.24, 2.45) is 5.92 Å². The predicted molar refractivity (Wildman–Crippen MR) is 92.1 cm³/mol. The Labute approximate surface area is 142 Å². The number of nitrogens with zero attached hydrogens (tertiary/aromatic N) is 1. The highest BCUT2D eigenvalue weighted by molar-refractivity contribution is 7.89. The maximum absolute atomic E-state index is 13.0. The summed E-state index contributed by atoms with van der Waals surface area (Å²) < 4.78 is 32.5. The number of rotatable bonds is 4. The summed E-state index contributed by atoms with van der Waals surface area (Å²) in [5, 5.41) is 1.63. The molecule has 3 rings (SSSR count). The van der Waals surface area contributed by atoms with Gasteiger partial charge in [0.1, 0.15) is 0 Å². The zero-order valence-electron chi connectivity index (χ0n) is 13.6. The fourth-order valence-corrected chi connectivity index (χ4v) is 4.84. The topological polar surface area (TPSA) is 63.7 Å². The van der Waals surface area contributed by atoms with Gasteiger partial charge in [-0.25, -0.2) is 8.42 Å². The number of piperidine rings is 1. The quantitative estimate of drug-likeness (QED) is 0.798. The maximum Gasteiger partial charge on any atom is 0.309 e. The van der Waals surface area contributed by atoms with Gasteiger partial charge in [-0.2, -0.15) is 4.31 Å². The van der Waals surface area contributed by atoms with Gasteiger partial charge in [0.25, 0.3) is 0 Å². The first-order valence-electron chi connectivity index (χ1n) is 8.18. The van der Waals surface area contributed by atoms with E-state index in [1.54, 1.807) is 19.1 Å². The largest absolute Gasteiger partial charge is 0.466 e. The molecule has 6 heteroatoms. The number of fused-ring (bicyclic) bond motifs is 1. The van der Waals surface area contributed by atoms with Gasteiger partial charge < -0.3 is 4.74 Å². The van der Waals surface area contributed by atoms with E-state index >= 15 is 0 Å². The summed E-state index contributed by atoms with van der Waals surface area (Å²) in [7, 11) is -3.57. The van der Waals surface area contributed by atoms with Crippen molar-refractivity contribution in [3.05, 3.63) is 42.5 Å². The Balaban J connectivity index is 1.83. The molecule has 5 nitrogen and oxygen atoms in total. The minimum Gasteiger partial charge on any atom is -0.466 e. The molecule has 2 aromatic carbocycles. The van der Waals surface area contributed by atoms with Crippen molar-refractivity contribution < 1.29 is 17.9 Å². The van der Waals surface area contributed by atoms with Gasteiger partial charge >= 0.3 is 5.97 Å². The van der Waals surface area contributed by atoms with Crippen LogP contribution in [0.2, 0.25) is 0 Å². The smallest absolute Gasteiger partial charge is 0.309 e. The molecule has 0 radical (unpaired) electrons. The fourth-order valence-electron chi connectivity index (χ4n) is 3.15. The highest BCUT2D eigenvalue weighted by atomic mass is 32.2. The van der Waals surface area contributed by atoms with Crippen LogP contribution in [0.15, 0.2) is 47.4 Å². The van der Waals surface area contributed by atoms with Crippen molar-refractivity contribution in [1.82, 2.24) is 4.31 Å². The van der Waals surface area contributed by atoms with Crippen LogP contribution in [0.5, 0.6) is 0 Å². The van der Waals surface area contributed by atoms with Crippen LogP contribution in [0.4, 0.5) is 0 Å². The van der Waals surface area contributed by atoms with E-state index in [0.717, 1.165) is 10.8 Å². The molecule has 0 atom stereocenters. The van der Waals surface area contributed by atoms with Crippen LogP contribution >= 0.6 is 0 Å². The van der Waals surface area contributed by atoms with E-state index in [9.17, 15) is 13.2 Å². The second kappa shape index (κ2) is 6.91. The van der Waals surface area contributed by atoms with Crippen molar-refractivity contribution in [2.75, 3.05) is 19.7 Å². The lowest BCUT2D eigenvalue weighted by Gasteiger charge is -2.30. The molecule has 0 aromatic heterocycles. The Morgan fingerprint density at radius 3 is 2.50 bits per heavy atom. The van der Waals surface area contributed by atoms with Crippen LogP contribution in [0.3, 0.4) is 0 Å². The third-order valence-electron chi connectivity index (χ3n) is 4.44. The van der Waals surface area contributed by atoms with Crippen molar-refractivity contribution in [3.63, 3.8) is 0 Å². The van der Waals surface area contributed by atoms with E-state index in [2.05, 4.69) is 0 Å². The molecule has 0 spiro atoms. The molecule has 1 aliphatic rings. The van der Waals surface area contributed by atoms with E-state index in [1.165, 1.54) is 4.31 Å². The Hall–Kier alpha value is -1.92. The molecule has 1 aliphatic heterocycles. The summed E-state index contributed by atoms with van der Waals surface area (Å²) in [5.74, 6) is -0.427. The van der Waals surface area contributed by atoms with Crippen molar-refractivity contribution >= 4 is 26.8 Å². The summed E-state index contributed by atoms with van der Waals surface area (Å²) in [6, 6.07) is 12.8. The highest BCUT2D eigenvalue weighted by Crippen LogP contribution is 2.29. The van der Waals surface area contributed by atoms with Gasteiger partial charge in [-0.15, -0.1) is 0 Å². The Morgan fingerprint density at radius 1 is 1.12 bits per heavy atom. The van der Waals surface area contributed by atoms with Crippen LogP contribution in [-0.4, -0.2) is 38.4 Å². The first-order valence-corrected chi connectivity index (χ1v) is 9.62. The summed E-state index contributed by atoms with van der Waals surface area (Å²) in [5.41, 5.74) is 0. The van der Waals surface area contributed by atoms with E-state index in [4.69, 9.17) is 4.74 Å². The van der Waals surface area contributed by atoms with E-state index in [0.29, 0.717) is 37.4 Å². The van der Waals surface area contributed by atoms with Crippen molar-refractivity contribution in [1.29, 1.82) is 0 Å². The number of esters is 1. The minimum atomic E-state index is -3.57. The van der Waals surface area contributed by atoms with E-state index in [1.807, 2.05) is 30.3 Å². The van der Waals surface area contributed by atoms with Gasteiger partial charge in [0.2, 0.25) is 10.0 Å². The number of ether oxygens (including phenoxy) is 1. The average Bonchev–Trinajstić information content (AvgIpc) is 2.61. The number of benzene rings is 2. The number of hydrogen-bond acceptors (Lipinski definition) is 4. The molecule has 0 N–H and O–H groups in total. The zero-order valence-corrected chi connectivity index (χ0v) is 14.5. The maximum atomic E-state index is 13.0.